The monoisotopic (exact) mass is 428 g/mol. The van der Waals surface area contributed by atoms with Crippen LogP contribution in [0.25, 0.3) is 0 Å². The molecule has 6 nitrogen and oxygen atoms in total. The smallest absolute Gasteiger partial charge is 0.255 e. The van der Waals surface area contributed by atoms with E-state index in [2.05, 4.69) is 10.0 Å². The van der Waals surface area contributed by atoms with Crippen LogP contribution < -0.4 is 14.8 Å². The van der Waals surface area contributed by atoms with Crippen LogP contribution in [0.3, 0.4) is 0 Å². The van der Waals surface area contributed by atoms with E-state index >= 15 is 0 Å². The SMILES string of the molecule is CCNS(=O)(=O)c1ccc(C(=O)Nc2cccc(OCc3ccc(F)cc3)c2)cc1. The van der Waals surface area contributed by atoms with E-state index < -0.39 is 10.0 Å². The van der Waals surface area contributed by atoms with Crippen LogP contribution >= 0.6 is 0 Å². The van der Waals surface area contributed by atoms with Crippen molar-refractivity contribution in [3.63, 3.8) is 0 Å². The number of halogens is 1. The Balaban J connectivity index is 1.64. The van der Waals surface area contributed by atoms with Gasteiger partial charge in [-0.15, -0.1) is 0 Å². The molecule has 0 bridgehead atoms. The van der Waals surface area contributed by atoms with Crippen LogP contribution in [0.1, 0.15) is 22.8 Å². The standard InChI is InChI=1S/C22H21FN2O4S/c1-2-24-30(27,28)21-12-8-17(9-13-21)22(26)25-19-4-3-5-20(14-19)29-15-16-6-10-18(23)11-7-16/h3-14,24H,2,15H2,1H3,(H,25,26). The van der Waals surface area contributed by atoms with Gasteiger partial charge in [-0.25, -0.2) is 17.5 Å². The van der Waals surface area contributed by atoms with Gasteiger partial charge in [0.2, 0.25) is 10.0 Å². The number of ether oxygens (including phenoxy) is 1. The minimum absolute atomic E-state index is 0.0945. The largest absolute Gasteiger partial charge is 0.489 e. The molecule has 0 saturated heterocycles. The fraction of sp³-hybridized carbons (Fsp3) is 0.136. The van der Waals surface area contributed by atoms with Gasteiger partial charge in [0.15, 0.2) is 0 Å². The summed E-state index contributed by atoms with van der Waals surface area (Å²) in [6.45, 7) is 2.24. The maximum Gasteiger partial charge on any atom is 0.255 e. The molecule has 0 aliphatic rings. The molecule has 0 aliphatic carbocycles. The Kier molecular flexibility index (Phi) is 6.81. The zero-order chi connectivity index (χ0) is 21.6. The van der Waals surface area contributed by atoms with E-state index in [9.17, 15) is 17.6 Å². The van der Waals surface area contributed by atoms with E-state index in [0.29, 0.717) is 17.0 Å². The highest BCUT2D eigenvalue weighted by Crippen LogP contribution is 2.20. The molecule has 3 rings (SSSR count). The van der Waals surface area contributed by atoms with Crippen molar-refractivity contribution in [3.8, 4) is 5.75 Å². The van der Waals surface area contributed by atoms with Gasteiger partial charge in [0.25, 0.3) is 5.91 Å². The lowest BCUT2D eigenvalue weighted by molar-refractivity contribution is 0.102. The second-order valence-electron chi connectivity index (χ2n) is 6.42. The molecular weight excluding hydrogens is 407 g/mol. The molecule has 0 saturated carbocycles. The number of carbonyl (C=O) groups is 1. The van der Waals surface area contributed by atoms with Crippen molar-refractivity contribution in [2.24, 2.45) is 0 Å². The number of anilines is 1. The van der Waals surface area contributed by atoms with E-state index in [1.807, 2.05) is 0 Å². The van der Waals surface area contributed by atoms with Crippen LogP contribution in [0, 0.1) is 5.82 Å². The molecule has 0 radical (unpaired) electrons. The minimum atomic E-state index is -3.57. The highest BCUT2D eigenvalue weighted by Gasteiger charge is 2.14. The summed E-state index contributed by atoms with van der Waals surface area (Å²) in [5, 5.41) is 2.75. The molecule has 0 fully saturated rings. The van der Waals surface area contributed by atoms with E-state index in [4.69, 9.17) is 4.74 Å². The van der Waals surface area contributed by atoms with Crippen molar-refractivity contribution in [1.82, 2.24) is 4.72 Å². The quantitative estimate of drug-likeness (QED) is 0.569. The van der Waals surface area contributed by atoms with Crippen LogP contribution in [0.2, 0.25) is 0 Å². The fourth-order valence-corrected chi connectivity index (χ4v) is 3.71. The first kappa shape index (κ1) is 21.5. The number of sulfonamides is 1. The Morgan fingerprint density at radius 3 is 2.37 bits per heavy atom. The lowest BCUT2D eigenvalue weighted by atomic mass is 10.2. The van der Waals surface area contributed by atoms with Gasteiger partial charge in [0.05, 0.1) is 4.90 Å². The average molecular weight is 428 g/mol. The van der Waals surface area contributed by atoms with Crippen molar-refractivity contribution in [2.45, 2.75) is 18.4 Å². The van der Waals surface area contributed by atoms with Crippen molar-refractivity contribution < 1.29 is 22.3 Å². The zero-order valence-electron chi connectivity index (χ0n) is 16.3. The van der Waals surface area contributed by atoms with Crippen molar-refractivity contribution in [3.05, 3.63) is 89.7 Å². The third kappa shape index (κ3) is 5.65. The van der Waals surface area contributed by atoms with Gasteiger partial charge < -0.3 is 10.1 Å². The predicted molar refractivity (Wildman–Crippen MR) is 112 cm³/mol. The summed E-state index contributed by atoms with van der Waals surface area (Å²) in [5.74, 6) is -0.141. The molecule has 0 aliphatic heterocycles. The van der Waals surface area contributed by atoms with E-state index in [-0.39, 0.29) is 29.8 Å². The fourth-order valence-electron chi connectivity index (χ4n) is 2.67. The lowest BCUT2D eigenvalue weighted by Gasteiger charge is -2.10. The first-order chi connectivity index (χ1) is 14.4. The second-order valence-corrected chi connectivity index (χ2v) is 8.19. The van der Waals surface area contributed by atoms with Gasteiger partial charge in [-0.2, -0.15) is 0 Å². The Morgan fingerprint density at radius 1 is 1.00 bits per heavy atom. The van der Waals surface area contributed by atoms with Gasteiger partial charge in [-0.3, -0.25) is 4.79 Å². The van der Waals surface area contributed by atoms with Gasteiger partial charge in [-0.1, -0.05) is 25.1 Å². The number of benzene rings is 3. The summed E-state index contributed by atoms with van der Waals surface area (Å²) in [5.41, 5.74) is 1.67. The predicted octanol–water partition coefficient (Wildman–Crippen LogP) is 3.96. The topological polar surface area (TPSA) is 84.5 Å². The number of nitrogens with one attached hydrogen (secondary N) is 2. The third-order valence-corrected chi connectivity index (χ3v) is 5.73. The summed E-state index contributed by atoms with van der Waals surface area (Å²) >= 11 is 0. The summed E-state index contributed by atoms with van der Waals surface area (Å²) in [7, 11) is -3.57. The van der Waals surface area contributed by atoms with Gasteiger partial charge in [-0.05, 0) is 54.1 Å². The Hall–Kier alpha value is -3.23. The number of hydrogen-bond donors (Lipinski definition) is 2. The normalized spacial score (nSPS) is 11.1. The molecular formula is C22H21FN2O4S. The van der Waals surface area contributed by atoms with Crippen LogP contribution in [-0.4, -0.2) is 20.9 Å². The molecule has 0 unspecified atom stereocenters. The maximum absolute atomic E-state index is 13.0. The summed E-state index contributed by atoms with van der Waals surface area (Å²) in [6.07, 6.45) is 0. The highest BCUT2D eigenvalue weighted by molar-refractivity contribution is 7.89. The lowest BCUT2D eigenvalue weighted by Crippen LogP contribution is -2.23. The molecule has 156 valence electrons. The Bertz CT molecular complexity index is 1110. The third-order valence-electron chi connectivity index (χ3n) is 4.17. The molecule has 0 aromatic heterocycles. The molecule has 1 amide bonds. The molecule has 30 heavy (non-hydrogen) atoms. The van der Waals surface area contributed by atoms with E-state index in [0.717, 1.165) is 5.56 Å². The molecule has 0 atom stereocenters. The first-order valence-electron chi connectivity index (χ1n) is 9.26. The van der Waals surface area contributed by atoms with Crippen molar-refractivity contribution >= 4 is 21.6 Å². The van der Waals surface area contributed by atoms with Gasteiger partial charge in [0.1, 0.15) is 18.2 Å². The molecule has 3 aromatic rings. The molecule has 0 heterocycles. The summed E-state index contributed by atoms with van der Waals surface area (Å²) in [4.78, 5) is 12.6. The van der Waals surface area contributed by atoms with Crippen molar-refractivity contribution in [1.29, 1.82) is 0 Å². The summed E-state index contributed by atoms with van der Waals surface area (Å²) < 4.78 is 45.0. The van der Waals surface area contributed by atoms with Crippen molar-refractivity contribution in [2.75, 3.05) is 11.9 Å². The maximum atomic E-state index is 13.0. The highest BCUT2D eigenvalue weighted by atomic mass is 32.2. The van der Waals surface area contributed by atoms with Crippen LogP contribution in [0.4, 0.5) is 10.1 Å². The Morgan fingerprint density at radius 2 is 1.70 bits per heavy atom. The zero-order valence-corrected chi connectivity index (χ0v) is 17.1. The number of amides is 1. The van der Waals surface area contributed by atoms with E-state index in [1.165, 1.54) is 36.4 Å². The van der Waals surface area contributed by atoms with E-state index in [1.54, 1.807) is 43.3 Å². The minimum Gasteiger partial charge on any atom is -0.489 e. The molecule has 8 heteroatoms. The number of hydrogen-bond acceptors (Lipinski definition) is 4. The number of carbonyl (C=O) groups excluding carboxylic acids is 1. The second kappa shape index (κ2) is 9.51. The molecule has 2 N–H and O–H groups in total. The first-order valence-corrected chi connectivity index (χ1v) is 10.7. The van der Waals surface area contributed by atoms with Gasteiger partial charge in [0, 0.05) is 23.9 Å². The summed E-state index contributed by atoms with van der Waals surface area (Å²) in [6, 6.07) is 18.6. The molecule has 0 spiro atoms. The van der Waals surface area contributed by atoms with Crippen LogP contribution in [0.5, 0.6) is 5.75 Å². The molecule has 3 aromatic carbocycles. The Labute approximate surface area is 174 Å². The van der Waals surface area contributed by atoms with Crippen LogP contribution in [-0.2, 0) is 16.6 Å². The average Bonchev–Trinajstić information content (AvgIpc) is 2.74. The number of rotatable bonds is 8. The van der Waals surface area contributed by atoms with Crippen LogP contribution in [0.15, 0.2) is 77.7 Å². The van der Waals surface area contributed by atoms with Gasteiger partial charge >= 0.3 is 0 Å².